The highest BCUT2D eigenvalue weighted by Gasteiger charge is 2.13. The van der Waals surface area contributed by atoms with Crippen LogP contribution in [0.2, 0.25) is 0 Å². The minimum Gasteiger partial charge on any atom is -0.342 e. The van der Waals surface area contributed by atoms with E-state index in [1.54, 1.807) is 6.20 Å². The highest BCUT2D eigenvalue weighted by atomic mass is 35.5. The molecular weight excluding hydrogens is 214 g/mol. The molecule has 0 aliphatic carbocycles. The summed E-state index contributed by atoms with van der Waals surface area (Å²) in [6.07, 6.45) is 5.16. The van der Waals surface area contributed by atoms with Crippen LogP contribution in [0.3, 0.4) is 0 Å². The van der Waals surface area contributed by atoms with Crippen LogP contribution in [-0.4, -0.2) is 23.1 Å². The van der Waals surface area contributed by atoms with Crippen molar-refractivity contribution in [1.82, 2.24) is 9.97 Å². The Labute approximate surface area is 93.3 Å². The number of nitrogens with one attached hydrogen (secondary N) is 1. The molecule has 1 aromatic rings. The van der Waals surface area contributed by atoms with Gasteiger partial charge in [0, 0.05) is 19.3 Å². The number of rotatable bonds is 2. The molecule has 0 saturated carbocycles. The maximum absolute atomic E-state index is 11.5. The van der Waals surface area contributed by atoms with Crippen LogP contribution in [0.15, 0.2) is 11.0 Å². The third-order valence-corrected chi connectivity index (χ3v) is 2.95. The number of hydrogen-bond donors (Lipinski definition) is 1. The van der Waals surface area contributed by atoms with Gasteiger partial charge < -0.3 is 4.90 Å². The third kappa shape index (κ3) is 2.31. The van der Waals surface area contributed by atoms with Crippen molar-refractivity contribution in [1.29, 1.82) is 0 Å². The quantitative estimate of drug-likeness (QED) is 0.779. The van der Waals surface area contributed by atoms with Crippen LogP contribution in [0, 0.1) is 0 Å². The number of piperidine rings is 1. The number of H-pyrrole nitrogens is 1. The van der Waals surface area contributed by atoms with Gasteiger partial charge in [0.2, 0.25) is 5.95 Å². The molecule has 0 unspecified atom stereocenters. The van der Waals surface area contributed by atoms with Crippen molar-refractivity contribution < 1.29 is 0 Å². The molecule has 1 aliphatic heterocycles. The Morgan fingerprint density at radius 3 is 2.73 bits per heavy atom. The molecule has 1 N–H and O–H groups in total. The number of aromatic nitrogens is 2. The normalized spacial score (nSPS) is 16.7. The summed E-state index contributed by atoms with van der Waals surface area (Å²) in [5, 5.41) is 0. The van der Waals surface area contributed by atoms with Crippen molar-refractivity contribution in [2.24, 2.45) is 0 Å². The topological polar surface area (TPSA) is 49.0 Å². The molecule has 0 aromatic carbocycles. The van der Waals surface area contributed by atoms with Gasteiger partial charge in [-0.3, -0.25) is 9.78 Å². The van der Waals surface area contributed by atoms with Gasteiger partial charge in [-0.1, -0.05) is 0 Å². The number of nitrogens with zero attached hydrogens (tertiary/aromatic N) is 2. The fraction of sp³-hybridized carbons (Fsp3) is 0.600. The lowest BCUT2D eigenvalue weighted by atomic mass is 10.1. The largest absolute Gasteiger partial charge is 0.342 e. The average molecular weight is 228 g/mol. The molecule has 0 amide bonds. The van der Waals surface area contributed by atoms with E-state index in [9.17, 15) is 4.79 Å². The van der Waals surface area contributed by atoms with Crippen LogP contribution in [0.25, 0.3) is 0 Å². The van der Waals surface area contributed by atoms with Crippen molar-refractivity contribution >= 4 is 17.5 Å². The maximum Gasteiger partial charge on any atom is 0.256 e. The Balaban J connectivity index is 2.21. The molecule has 0 atom stereocenters. The van der Waals surface area contributed by atoms with Crippen LogP contribution in [0.4, 0.5) is 5.95 Å². The van der Waals surface area contributed by atoms with Gasteiger partial charge in [-0.2, -0.15) is 0 Å². The summed E-state index contributed by atoms with van der Waals surface area (Å²) in [4.78, 5) is 20.6. The molecule has 0 spiro atoms. The van der Waals surface area contributed by atoms with Gasteiger partial charge in [0.1, 0.15) is 0 Å². The van der Waals surface area contributed by atoms with Crippen molar-refractivity contribution in [2.45, 2.75) is 25.1 Å². The minimum absolute atomic E-state index is 0.124. The zero-order chi connectivity index (χ0) is 10.7. The number of alkyl halides is 1. The van der Waals surface area contributed by atoms with Crippen molar-refractivity contribution in [3.05, 3.63) is 22.1 Å². The molecule has 1 saturated heterocycles. The molecule has 4 nitrogen and oxygen atoms in total. The Morgan fingerprint density at radius 2 is 2.13 bits per heavy atom. The lowest BCUT2D eigenvalue weighted by Crippen LogP contribution is -2.32. The summed E-state index contributed by atoms with van der Waals surface area (Å²) in [5.74, 6) is 0.886. The van der Waals surface area contributed by atoms with Crippen molar-refractivity contribution in [3.63, 3.8) is 0 Å². The summed E-state index contributed by atoms with van der Waals surface area (Å²) < 4.78 is 0. The first-order chi connectivity index (χ1) is 7.31. The second-order valence-electron chi connectivity index (χ2n) is 3.74. The first kappa shape index (κ1) is 10.5. The molecule has 15 heavy (non-hydrogen) atoms. The predicted octanol–water partition coefficient (Wildman–Crippen LogP) is 1.50. The lowest BCUT2D eigenvalue weighted by Gasteiger charge is -2.26. The molecule has 0 radical (unpaired) electrons. The summed E-state index contributed by atoms with van der Waals surface area (Å²) >= 11 is 5.60. The summed E-state index contributed by atoms with van der Waals surface area (Å²) in [5.41, 5.74) is 0.401. The fourth-order valence-corrected chi connectivity index (χ4v) is 1.96. The third-order valence-electron chi connectivity index (χ3n) is 2.66. The Bertz CT molecular complexity index is 384. The summed E-state index contributed by atoms with van der Waals surface area (Å²) in [6, 6.07) is 0. The first-order valence-corrected chi connectivity index (χ1v) is 5.74. The van der Waals surface area contributed by atoms with E-state index >= 15 is 0 Å². The molecule has 0 bridgehead atoms. The summed E-state index contributed by atoms with van der Waals surface area (Å²) in [7, 11) is 0. The van der Waals surface area contributed by atoms with E-state index in [0.29, 0.717) is 11.5 Å². The van der Waals surface area contributed by atoms with E-state index in [1.807, 2.05) is 0 Å². The van der Waals surface area contributed by atoms with Gasteiger partial charge in [-0.15, -0.1) is 11.6 Å². The van der Waals surface area contributed by atoms with E-state index in [-0.39, 0.29) is 11.4 Å². The molecular formula is C10H14ClN3O. The second kappa shape index (κ2) is 4.66. The first-order valence-electron chi connectivity index (χ1n) is 5.20. The monoisotopic (exact) mass is 227 g/mol. The summed E-state index contributed by atoms with van der Waals surface area (Å²) in [6.45, 7) is 1.95. The molecule has 1 aromatic heterocycles. The Morgan fingerprint density at radius 1 is 1.40 bits per heavy atom. The van der Waals surface area contributed by atoms with Gasteiger partial charge in [0.25, 0.3) is 5.56 Å². The van der Waals surface area contributed by atoms with Crippen LogP contribution in [0.1, 0.15) is 24.8 Å². The molecule has 82 valence electrons. The highest BCUT2D eigenvalue weighted by molar-refractivity contribution is 6.17. The Hall–Kier alpha value is -1.03. The molecule has 1 aliphatic rings. The average Bonchev–Trinajstić information content (AvgIpc) is 2.30. The van der Waals surface area contributed by atoms with Gasteiger partial charge in [0.15, 0.2) is 0 Å². The van der Waals surface area contributed by atoms with Gasteiger partial charge in [-0.05, 0) is 19.3 Å². The van der Waals surface area contributed by atoms with Crippen molar-refractivity contribution in [3.8, 4) is 0 Å². The minimum atomic E-state index is -0.124. The fourth-order valence-electron chi connectivity index (χ4n) is 1.77. The Kier molecular flexibility index (Phi) is 3.26. The SMILES string of the molecule is O=c1[nH]c(N2CCCCC2)ncc1CCl. The molecule has 2 rings (SSSR count). The predicted molar refractivity (Wildman–Crippen MR) is 60.5 cm³/mol. The van der Waals surface area contributed by atoms with Gasteiger partial charge in [-0.25, -0.2) is 4.98 Å². The van der Waals surface area contributed by atoms with Gasteiger partial charge >= 0.3 is 0 Å². The zero-order valence-corrected chi connectivity index (χ0v) is 9.26. The lowest BCUT2D eigenvalue weighted by molar-refractivity contribution is 0.567. The molecule has 1 fully saturated rings. The van der Waals surface area contributed by atoms with Crippen LogP contribution >= 0.6 is 11.6 Å². The number of aromatic amines is 1. The van der Waals surface area contributed by atoms with E-state index in [0.717, 1.165) is 13.1 Å². The smallest absolute Gasteiger partial charge is 0.256 e. The van der Waals surface area contributed by atoms with Crippen LogP contribution < -0.4 is 10.5 Å². The molecule has 5 heteroatoms. The van der Waals surface area contributed by atoms with E-state index < -0.39 is 0 Å². The number of halogens is 1. The van der Waals surface area contributed by atoms with Crippen molar-refractivity contribution in [2.75, 3.05) is 18.0 Å². The zero-order valence-electron chi connectivity index (χ0n) is 8.50. The number of anilines is 1. The van der Waals surface area contributed by atoms with E-state index in [1.165, 1.54) is 19.3 Å². The highest BCUT2D eigenvalue weighted by Crippen LogP contribution is 2.13. The maximum atomic E-state index is 11.5. The van der Waals surface area contributed by atoms with Crippen LogP contribution in [0.5, 0.6) is 0 Å². The second-order valence-corrected chi connectivity index (χ2v) is 4.01. The molecule has 2 heterocycles. The van der Waals surface area contributed by atoms with E-state index in [2.05, 4.69) is 14.9 Å². The standard InChI is InChI=1S/C10H14ClN3O/c11-6-8-7-12-10(13-9(8)15)14-4-2-1-3-5-14/h7H,1-6H2,(H,12,13,15). The van der Waals surface area contributed by atoms with Gasteiger partial charge in [0.05, 0.1) is 11.4 Å². The number of hydrogen-bond acceptors (Lipinski definition) is 3. The van der Waals surface area contributed by atoms with E-state index in [4.69, 9.17) is 11.6 Å². The van der Waals surface area contributed by atoms with Crippen LogP contribution in [-0.2, 0) is 5.88 Å².